The molecule has 1 unspecified atom stereocenters. The summed E-state index contributed by atoms with van der Waals surface area (Å²) in [6, 6.07) is 24.2. The van der Waals surface area contributed by atoms with E-state index in [1.54, 1.807) is 88.4 Å². The van der Waals surface area contributed by atoms with Crippen LogP contribution >= 0.6 is 0 Å². The van der Waals surface area contributed by atoms with E-state index in [-0.39, 0.29) is 18.7 Å². The minimum atomic E-state index is -1.44. The molecule has 0 aromatic heterocycles. The smallest absolute Gasteiger partial charge is 0.414 e. The van der Waals surface area contributed by atoms with E-state index in [2.05, 4.69) is 0 Å². The Bertz CT molecular complexity index is 1570. The number of hydrogen-bond acceptors (Lipinski definition) is 7. The zero-order chi connectivity index (χ0) is 33.4. The van der Waals surface area contributed by atoms with E-state index in [1.807, 2.05) is 30.3 Å². The molecule has 0 saturated heterocycles. The Balaban J connectivity index is 1.85. The van der Waals surface area contributed by atoms with Crippen LogP contribution in [-0.4, -0.2) is 62.8 Å². The molecule has 10 heteroatoms. The number of carbonyl (C=O) groups excluding carboxylic acids is 5. The van der Waals surface area contributed by atoms with Crippen molar-refractivity contribution in [2.75, 3.05) is 0 Å². The zero-order valence-corrected chi connectivity index (χ0v) is 26.7. The molecule has 0 spiro atoms. The van der Waals surface area contributed by atoms with Crippen molar-refractivity contribution in [3.05, 3.63) is 114 Å². The van der Waals surface area contributed by atoms with Gasteiger partial charge in [0.2, 0.25) is 5.91 Å². The van der Waals surface area contributed by atoms with Crippen molar-refractivity contribution in [3.63, 3.8) is 0 Å². The summed E-state index contributed by atoms with van der Waals surface area (Å²) >= 11 is 0. The number of hydrogen-bond donors (Lipinski definition) is 0. The fourth-order valence-corrected chi connectivity index (χ4v) is 5.26. The molecule has 4 rings (SSSR count). The van der Waals surface area contributed by atoms with Gasteiger partial charge in [0.15, 0.2) is 0 Å². The number of nitrogens with zero attached hydrogens (tertiary/aromatic N) is 3. The first-order chi connectivity index (χ1) is 22.0. The summed E-state index contributed by atoms with van der Waals surface area (Å²) in [5, 5.41) is 2.14. The molecule has 0 bridgehead atoms. The molecule has 2 atom stereocenters. The van der Waals surface area contributed by atoms with Gasteiger partial charge in [0.25, 0.3) is 11.7 Å². The summed E-state index contributed by atoms with van der Waals surface area (Å²) in [4.78, 5) is 69.9. The second-order valence-electron chi connectivity index (χ2n) is 11.6. The highest BCUT2D eigenvalue weighted by molar-refractivity contribution is 6.36. The lowest BCUT2D eigenvalue weighted by molar-refractivity contribution is -0.171. The fraction of sp³-hybridized carbons (Fsp3) is 0.306. The van der Waals surface area contributed by atoms with Gasteiger partial charge < -0.3 is 9.47 Å². The van der Waals surface area contributed by atoms with Crippen LogP contribution in [0.5, 0.6) is 0 Å². The van der Waals surface area contributed by atoms with E-state index in [4.69, 9.17) is 9.47 Å². The highest BCUT2D eigenvalue weighted by Crippen LogP contribution is 2.33. The molecule has 3 aromatic rings. The van der Waals surface area contributed by atoms with E-state index in [0.29, 0.717) is 11.1 Å². The third kappa shape index (κ3) is 7.87. The summed E-state index contributed by atoms with van der Waals surface area (Å²) in [6.07, 6.45) is 0.0433. The second kappa shape index (κ2) is 15.2. The topological polar surface area (TPSA) is 114 Å². The molecule has 3 amide bonds. The van der Waals surface area contributed by atoms with Crippen LogP contribution < -0.4 is 0 Å². The molecule has 1 aliphatic heterocycles. The first kappa shape index (κ1) is 33.6. The van der Waals surface area contributed by atoms with Crippen molar-refractivity contribution in [1.82, 2.24) is 14.9 Å². The minimum Gasteiger partial charge on any atom is -0.457 e. The zero-order valence-electron chi connectivity index (χ0n) is 26.7. The highest BCUT2D eigenvalue weighted by Gasteiger charge is 2.47. The van der Waals surface area contributed by atoms with Gasteiger partial charge >= 0.3 is 12.1 Å². The van der Waals surface area contributed by atoms with Gasteiger partial charge in [0.1, 0.15) is 18.7 Å². The molecule has 3 aromatic carbocycles. The van der Waals surface area contributed by atoms with Crippen LogP contribution in [0.25, 0.3) is 5.70 Å². The molecule has 0 fully saturated rings. The number of rotatable bonds is 11. The van der Waals surface area contributed by atoms with Crippen molar-refractivity contribution >= 4 is 35.4 Å². The summed E-state index contributed by atoms with van der Waals surface area (Å²) < 4.78 is 10.9. The van der Waals surface area contributed by atoms with Gasteiger partial charge in [-0.15, -0.1) is 0 Å². The number of ketones is 1. The van der Waals surface area contributed by atoms with Gasteiger partial charge in [-0.1, -0.05) is 105 Å². The molecule has 1 heterocycles. The summed E-state index contributed by atoms with van der Waals surface area (Å²) in [6.45, 7) is 7.97. The fourth-order valence-electron chi connectivity index (χ4n) is 5.26. The van der Waals surface area contributed by atoms with Crippen LogP contribution in [0.4, 0.5) is 4.79 Å². The maximum Gasteiger partial charge on any atom is 0.414 e. The third-order valence-electron chi connectivity index (χ3n) is 7.32. The number of esters is 1. The summed E-state index contributed by atoms with van der Waals surface area (Å²) in [7, 11) is 0. The van der Waals surface area contributed by atoms with E-state index < -0.39 is 53.8 Å². The standard InChI is InChI=1S/C36H39N3O7/c1-24(2)32-34(42)39(38(26(5)40)30(21-27-15-9-6-10-16-27)33(41)35(43)46-25(3)4)31(29-19-13-8-14-20-29)22-37(32)36(44)45-23-28-17-11-7-12-18-28/h6-20,22,24-25,30,32H,21,23H2,1-5H3/t30-,32?/m0/s1. The number of ether oxygens (including phenoxy) is 2. The lowest BCUT2D eigenvalue weighted by Gasteiger charge is -2.46. The van der Waals surface area contributed by atoms with Gasteiger partial charge in [-0.2, -0.15) is 0 Å². The predicted molar refractivity (Wildman–Crippen MR) is 171 cm³/mol. The molecular weight excluding hydrogens is 586 g/mol. The summed E-state index contributed by atoms with van der Waals surface area (Å²) in [5.41, 5.74) is 2.07. The van der Waals surface area contributed by atoms with Crippen molar-refractivity contribution in [1.29, 1.82) is 0 Å². The lowest BCUT2D eigenvalue weighted by Crippen LogP contribution is -2.64. The largest absolute Gasteiger partial charge is 0.457 e. The average Bonchev–Trinajstić information content (AvgIpc) is 3.04. The van der Waals surface area contributed by atoms with Crippen LogP contribution in [0.3, 0.4) is 0 Å². The molecule has 0 N–H and O–H groups in total. The Kier molecular flexibility index (Phi) is 11.1. The third-order valence-corrected chi connectivity index (χ3v) is 7.32. The number of amides is 3. The van der Waals surface area contributed by atoms with Crippen LogP contribution in [0.2, 0.25) is 0 Å². The first-order valence-electron chi connectivity index (χ1n) is 15.2. The van der Waals surface area contributed by atoms with Gasteiger partial charge in [0.05, 0.1) is 11.8 Å². The van der Waals surface area contributed by atoms with Crippen LogP contribution in [0.15, 0.2) is 97.2 Å². The molecule has 0 radical (unpaired) electrons. The second-order valence-corrected chi connectivity index (χ2v) is 11.6. The SMILES string of the molecule is CC(=O)N([C@@H](Cc1ccccc1)C(=O)C(=O)OC(C)C)N1C(=O)C(C(C)C)N(C(=O)OCc2ccccc2)C=C1c1ccccc1. The molecule has 1 aliphatic rings. The van der Waals surface area contributed by atoms with Gasteiger partial charge in [-0.25, -0.2) is 19.6 Å². The van der Waals surface area contributed by atoms with E-state index in [0.717, 1.165) is 15.6 Å². The van der Waals surface area contributed by atoms with Crippen molar-refractivity contribution in [2.24, 2.45) is 5.92 Å². The number of hydrazine groups is 1. The first-order valence-corrected chi connectivity index (χ1v) is 15.2. The monoisotopic (exact) mass is 625 g/mol. The van der Waals surface area contributed by atoms with Crippen molar-refractivity contribution < 1.29 is 33.4 Å². The van der Waals surface area contributed by atoms with Gasteiger partial charge in [-0.05, 0) is 30.9 Å². The molecule has 46 heavy (non-hydrogen) atoms. The Morgan fingerprint density at radius 2 is 1.35 bits per heavy atom. The maximum absolute atomic E-state index is 14.6. The molecule has 0 aliphatic carbocycles. The van der Waals surface area contributed by atoms with E-state index in [1.165, 1.54) is 18.0 Å². The van der Waals surface area contributed by atoms with Crippen LogP contribution in [0, 0.1) is 5.92 Å². The normalized spacial score (nSPS) is 15.3. The Labute approximate surface area is 269 Å². The van der Waals surface area contributed by atoms with E-state index in [9.17, 15) is 24.0 Å². The van der Waals surface area contributed by atoms with Crippen LogP contribution in [-0.2, 0) is 41.7 Å². The Morgan fingerprint density at radius 3 is 1.87 bits per heavy atom. The maximum atomic E-state index is 14.6. The molecule has 0 saturated carbocycles. The van der Waals surface area contributed by atoms with Gasteiger partial charge in [0, 0.05) is 25.1 Å². The average molecular weight is 626 g/mol. The minimum absolute atomic E-state index is 0.0153. The van der Waals surface area contributed by atoms with E-state index >= 15 is 0 Å². The Morgan fingerprint density at radius 1 is 0.804 bits per heavy atom. The quantitative estimate of drug-likeness (QED) is 0.208. The number of carbonyl (C=O) groups is 5. The molecular formula is C36H39N3O7. The molecule has 240 valence electrons. The Hall–Kier alpha value is -5.25. The predicted octanol–water partition coefficient (Wildman–Crippen LogP) is 5.39. The van der Waals surface area contributed by atoms with Crippen LogP contribution in [0.1, 0.15) is 51.3 Å². The van der Waals surface area contributed by atoms with Crippen molar-refractivity contribution in [3.8, 4) is 0 Å². The lowest BCUT2D eigenvalue weighted by atomic mass is 9.97. The van der Waals surface area contributed by atoms with Crippen molar-refractivity contribution in [2.45, 2.75) is 65.8 Å². The van der Waals surface area contributed by atoms with Gasteiger partial charge in [-0.3, -0.25) is 19.3 Å². The number of Topliss-reactive ketones (excluding diaryl/α,β-unsaturated/α-hetero) is 1. The number of benzene rings is 3. The highest BCUT2D eigenvalue weighted by atomic mass is 16.6. The molecule has 10 nitrogen and oxygen atoms in total. The summed E-state index contributed by atoms with van der Waals surface area (Å²) in [5.74, 6) is -3.85.